The Morgan fingerprint density at radius 1 is 1.23 bits per heavy atom. The molecular formula is C21H27N5O2S2. The summed E-state index contributed by atoms with van der Waals surface area (Å²) in [5.41, 5.74) is 3.12. The summed E-state index contributed by atoms with van der Waals surface area (Å²) in [5, 5.41) is 12.5. The number of ether oxygens (including phenoxy) is 1. The van der Waals surface area contributed by atoms with E-state index in [-0.39, 0.29) is 11.2 Å². The van der Waals surface area contributed by atoms with Crippen molar-refractivity contribution in [3.05, 3.63) is 45.7 Å². The van der Waals surface area contributed by atoms with Crippen molar-refractivity contribution >= 4 is 34.1 Å². The molecule has 0 saturated heterocycles. The van der Waals surface area contributed by atoms with Gasteiger partial charge in [0.1, 0.15) is 12.4 Å². The number of carbonyl (C=O) groups is 1. The van der Waals surface area contributed by atoms with E-state index in [1.165, 1.54) is 23.1 Å². The molecule has 30 heavy (non-hydrogen) atoms. The van der Waals surface area contributed by atoms with Crippen molar-refractivity contribution in [3.8, 4) is 5.75 Å². The number of nitrogens with zero attached hydrogens (tertiary/aromatic N) is 4. The van der Waals surface area contributed by atoms with Crippen molar-refractivity contribution in [3.63, 3.8) is 0 Å². The van der Waals surface area contributed by atoms with Gasteiger partial charge in [-0.1, -0.05) is 30.0 Å². The zero-order chi connectivity index (χ0) is 21.8. The largest absolute Gasteiger partial charge is 0.485 e. The predicted octanol–water partition coefficient (Wildman–Crippen LogP) is 4.69. The summed E-state index contributed by atoms with van der Waals surface area (Å²) >= 11 is 2.86. The summed E-state index contributed by atoms with van der Waals surface area (Å²) in [6.45, 7) is 12.9. The minimum Gasteiger partial charge on any atom is -0.485 e. The molecule has 160 valence electrons. The highest BCUT2D eigenvalue weighted by Crippen LogP contribution is 2.27. The number of hydrogen-bond acceptors (Lipinski definition) is 7. The first-order valence-electron chi connectivity index (χ1n) is 9.82. The molecule has 0 bridgehead atoms. The van der Waals surface area contributed by atoms with Gasteiger partial charge in [0, 0.05) is 11.4 Å². The van der Waals surface area contributed by atoms with Gasteiger partial charge in [-0.05, 0) is 52.7 Å². The summed E-state index contributed by atoms with van der Waals surface area (Å²) in [6, 6.07) is 6.07. The van der Waals surface area contributed by atoms with E-state index in [1.54, 1.807) is 0 Å². The number of carbonyl (C=O) groups excluding carboxylic acids is 1. The van der Waals surface area contributed by atoms with Crippen molar-refractivity contribution in [2.75, 3.05) is 5.32 Å². The number of aromatic nitrogens is 4. The molecule has 1 aromatic carbocycles. The van der Waals surface area contributed by atoms with Gasteiger partial charge in [0.2, 0.25) is 5.91 Å². The average Bonchev–Trinajstić information content (AvgIpc) is 3.23. The van der Waals surface area contributed by atoms with E-state index in [4.69, 9.17) is 4.74 Å². The van der Waals surface area contributed by atoms with Crippen molar-refractivity contribution in [1.82, 2.24) is 19.7 Å². The van der Waals surface area contributed by atoms with Gasteiger partial charge < -0.3 is 14.6 Å². The van der Waals surface area contributed by atoms with E-state index < -0.39 is 0 Å². The molecule has 0 aliphatic heterocycles. The van der Waals surface area contributed by atoms with Crippen LogP contribution in [0, 0.1) is 27.7 Å². The molecule has 0 aliphatic carbocycles. The zero-order valence-electron chi connectivity index (χ0n) is 18.1. The maximum absolute atomic E-state index is 12.6. The lowest BCUT2D eigenvalue weighted by Gasteiger charge is -2.13. The third kappa shape index (κ3) is 5.02. The molecule has 0 fully saturated rings. The van der Waals surface area contributed by atoms with Crippen LogP contribution in [0.15, 0.2) is 23.4 Å². The Bertz CT molecular complexity index is 1000. The Labute approximate surface area is 185 Å². The molecule has 2 heterocycles. The minimum atomic E-state index is -0.337. The Hall–Kier alpha value is -2.39. The fourth-order valence-corrected chi connectivity index (χ4v) is 4.69. The summed E-state index contributed by atoms with van der Waals surface area (Å²) in [4.78, 5) is 18.1. The highest BCUT2D eigenvalue weighted by molar-refractivity contribution is 8.00. The van der Waals surface area contributed by atoms with Crippen LogP contribution < -0.4 is 10.1 Å². The number of thiazole rings is 1. The van der Waals surface area contributed by atoms with Gasteiger partial charge in [0.15, 0.2) is 16.1 Å². The van der Waals surface area contributed by atoms with Crippen LogP contribution in [-0.2, 0) is 17.9 Å². The van der Waals surface area contributed by atoms with E-state index in [1.807, 2.05) is 64.3 Å². The minimum absolute atomic E-state index is 0.104. The Balaban J connectivity index is 1.66. The van der Waals surface area contributed by atoms with Crippen molar-refractivity contribution < 1.29 is 9.53 Å². The summed E-state index contributed by atoms with van der Waals surface area (Å²) in [6.07, 6.45) is 0. The zero-order valence-corrected chi connectivity index (χ0v) is 19.8. The fourth-order valence-electron chi connectivity index (χ4n) is 2.94. The topological polar surface area (TPSA) is 81.9 Å². The second-order valence-electron chi connectivity index (χ2n) is 7.06. The molecule has 0 aliphatic rings. The highest BCUT2D eigenvalue weighted by Gasteiger charge is 2.21. The SMILES string of the molecule is CCn1c(COc2c(C)cccc2C)nnc1SC(C)C(=O)Nc1nc(C)c(C)s1. The van der Waals surface area contributed by atoms with Crippen LogP contribution in [0.25, 0.3) is 0 Å². The molecular weight excluding hydrogens is 418 g/mol. The summed E-state index contributed by atoms with van der Waals surface area (Å²) in [7, 11) is 0. The number of amides is 1. The van der Waals surface area contributed by atoms with E-state index >= 15 is 0 Å². The third-order valence-corrected chi connectivity index (χ3v) is 6.84. The molecule has 0 spiro atoms. The average molecular weight is 446 g/mol. The number of anilines is 1. The molecule has 1 unspecified atom stereocenters. The van der Waals surface area contributed by atoms with E-state index in [0.717, 1.165) is 33.3 Å². The smallest absolute Gasteiger partial charge is 0.239 e. The molecule has 2 aromatic heterocycles. The molecule has 7 nitrogen and oxygen atoms in total. The van der Waals surface area contributed by atoms with Crippen LogP contribution in [0.1, 0.15) is 41.4 Å². The van der Waals surface area contributed by atoms with Gasteiger partial charge in [-0.2, -0.15) is 0 Å². The molecule has 1 N–H and O–H groups in total. The van der Waals surface area contributed by atoms with Gasteiger partial charge in [-0.3, -0.25) is 4.79 Å². The lowest BCUT2D eigenvalue weighted by atomic mass is 10.1. The fraction of sp³-hybridized carbons (Fsp3) is 0.429. The number of hydrogen-bond donors (Lipinski definition) is 1. The van der Waals surface area contributed by atoms with Crippen LogP contribution in [-0.4, -0.2) is 30.9 Å². The van der Waals surface area contributed by atoms with Crippen molar-refractivity contribution in [2.24, 2.45) is 0 Å². The summed E-state index contributed by atoms with van der Waals surface area (Å²) < 4.78 is 8.02. The molecule has 3 aromatic rings. The predicted molar refractivity (Wildman–Crippen MR) is 121 cm³/mol. The lowest BCUT2D eigenvalue weighted by Crippen LogP contribution is -2.23. The number of nitrogens with one attached hydrogen (secondary N) is 1. The summed E-state index contributed by atoms with van der Waals surface area (Å²) in [5.74, 6) is 1.51. The van der Waals surface area contributed by atoms with Crippen LogP contribution in [0.2, 0.25) is 0 Å². The standard InChI is InChI=1S/C21H27N5O2S2/c1-7-26-17(11-28-18-12(2)9-8-10-13(18)3)24-25-21(26)30-16(6)19(27)23-20-22-14(4)15(5)29-20/h8-10,16H,7,11H2,1-6H3,(H,22,23,27). The Kier molecular flexibility index (Phi) is 7.14. The molecule has 3 rings (SSSR count). The molecule has 1 amide bonds. The maximum atomic E-state index is 12.6. The highest BCUT2D eigenvalue weighted by atomic mass is 32.2. The molecule has 1 atom stereocenters. The Morgan fingerprint density at radius 2 is 1.93 bits per heavy atom. The molecule has 9 heteroatoms. The molecule has 0 saturated carbocycles. The van der Waals surface area contributed by atoms with Gasteiger partial charge in [0.05, 0.1) is 10.9 Å². The quantitative estimate of drug-likeness (QED) is 0.507. The van der Waals surface area contributed by atoms with Gasteiger partial charge in [-0.25, -0.2) is 4.98 Å². The first-order valence-corrected chi connectivity index (χ1v) is 11.5. The number of aryl methyl sites for hydroxylation is 4. The molecule has 0 radical (unpaired) electrons. The van der Waals surface area contributed by atoms with E-state index in [0.29, 0.717) is 23.4 Å². The lowest BCUT2D eigenvalue weighted by molar-refractivity contribution is -0.115. The van der Waals surface area contributed by atoms with E-state index in [9.17, 15) is 4.79 Å². The second-order valence-corrected chi connectivity index (χ2v) is 9.57. The first kappa shape index (κ1) is 22.3. The number of para-hydroxylation sites is 1. The number of rotatable bonds is 8. The van der Waals surface area contributed by atoms with Crippen LogP contribution in [0.4, 0.5) is 5.13 Å². The number of benzene rings is 1. The van der Waals surface area contributed by atoms with Crippen LogP contribution in [0.5, 0.6) is 5.75 Å². The van der Waals surface area contributed by atoms with Crippen LogP contribution >= 0.6 is 23.1 Å². The van der Waals surface area contributed by atoms with Gasteiger partial charge in [-0.15, -0.1) is 21.5 Å². The Morgan fingerprint density at radius 3 is 2.53 bits per heavy atom. The normalized spacial score (nSPS) is 12.1. The third-order valence-electron chi connectivity index (χ3n) is 4.77. The maximum Gasteiger partial charge on any atom is 0.239 e. The first-order chi connectivity index (χ1) is 14.3. The van der Waals surface area contributed by atoms with Crippen molar-refractivity contribution in [2.45, 2.75) is 65.1 Å². The van der Waals surface area contributed by atoms with Crippen LogP contribution in [0.3, 0.4) is 0 Å². The van der Waals surface area contributed by atoms with E-state index in [2.05, 4.69) is 20.5 Å². The van der Waals surface area contributed by atoms with Crippen molar-refractivity contribution in [1.29, 1.82) is 0 Å². The monoisotopic (exact) mass is 445 g/mol. The second kappa shape index (κ2) is 9.61. The van der Waals surface area contributed by atoms with Gasteiger partial charge >= 0.3 is 0 Å². The van der Waals surface area contributed by atoms with Gasteiger partial charge in [0.25, 0.3) is 0 Å². The number of thioether (sulfide) groups is 1.